The number of esters is 1. The first kappa shape index (κ1) is 22.1. The summed E-state index contributed by atoms with van der Waals surface area (Å²) in [5.41, 5.74) is 0. The number of carbonyl (C=O) groups is 1. The van der Waals surface area contributed by atoms with Gasteiger partial charge in [0.1, 0.15) is 6.10 Å². The summed E-state index contributed by atoms with van der Waals surface area (Å²) in [7, 11) is 0. The highest BCUT2D eigenvalue weighted by atomic mass is 32.2. The Morgan fingerprint density at radius 1 is 0.880 bits per heavy atom. The lowest BCUT2D eigenvalue weighted by Crippen LogP contribution is -2.19. The summed E-state index contributed by atoms with van der Waals surface area (Å²) >= 11 is 1.56. The molecule has 0 aliphatic carbocycles. The molecule has 142 valence electrons. The summed E-state index contributed by atoms with van der Waals surface area (Å²) in [4.78, 5) is 13.3. The van der Waals surface area contributed by atoms with E-state index in [-0.39, 0.29) is 12.1 Å². The smallest absolute Gasteiger partial charge is 0.316 e. The lowest BCUT2D eigenvalue weighted by Gasteiger charge is -2.17. The molecule has 0 aromatic heterocycles. The molecule has 1 aromatic carbocycles. The quantitative estimate of drug-likeness (QED) is 0.190. The molecule has 3 heteroatoms. The third-order valence-corrected chi connectivity index (χ3v) is 5.39. The third kappa shape index (κ3) is 12.1. The molecule has 0 fully saturated rings. The number of benzene rings is 1. The Morgan fingerprint density at radius 2 is 1.48 bits per heavy atom. The van der Waals surface area contributed by atoms with Crippen LogP contribution in [0.25, 0.3) is 0 Å². The predicted octanol–water partition coefficient (Wildman–Crippen LogP) is 7.02. The van der Waals surface area contributed by atoms with E-state index < -0.39 is 0 Å². The average Bonchev–Trinajstić information content (AvgIpc) is 2.64. The summed E-state index contributed by atoms with van der Waals surface area (Å²) in [6.07, 6.45) is 13.6. The van der Waals surface area contributed by atoms with Crippen LogP contribution in [0.2, 0.25) is 0 Å². The van der Waals surface area contributed by atoms with Gasteiger partial charge in [-0.15, -0.1) is 11.8 Å². The molecular formula is C22H36O2S. The first-order chi connectivity index (χ1) is 12.3. The van der Waals surface area contributed by atoms with E-state index in [2.05, 4.69) is 13.8 Å². The van der Waals surface area contributed by atoms with Crippen LogP contribution in [0.15, 0.2) is 35.2 Å². The highest BCUT2D eigenvalue weighted by Crippen LogP contribution is 2.19. The zero-order chi connectivity index (χ0) is 18.2. The first-order valence-electron chi connectivity index (χ1n) is 10.1. The van der Waals surface area contributed by atoms with Crippen molar-refractivity contribution in [2.75, 3.05) is 5.75 Å². The van der Waals surface area contributed by atoms with Gasteiger partial charge in [-0.1, -0.05) is 83.4 Å². The van der Waals surface area contributed by atoms with Crippen molar-refractivity contribution >= 4 is 17.7 Å². The molecule has 1 unspecified atom stereocenters. The number of ether oxygens (including phenoxy) is 1. The zero-order valence-electron chi connectivity index (χ0n) is 16.2. The molecule has 0 saturated carbocycles. The fourth-order valence-electron chi connectivity index (χ4n) is 2.90. The minimum atomic E-state index is -0.0714. The minimum absolute atomic E-state index is 0.0714. The lowest BCUT2D eigenvalue weighted by atomic mass is 10.0. The maximum Gasteiger partial charge on any atom is 0.316 e. The van der Waals surface area contributed by atoms with Crippen molar-refractivity contribution in [2.45, 2.75) is 95.5 Å². The van der Waals surface area contributed by atoms with E-state index in [1.165, 1.54) is 44.9 Å². The second-order valence-corrected chi connectivity index (χ2v) is 7.81. The van der Waals surface area contributed by atoms with Crippen molar-refractivity contribution in [2.24, 2.45) is 0 Å². The van der Waals surface area contributed by atoms with Gasteiger partial charge in [0.15, 0.2) is 0 Å². The van der Waals surface area contributed by atoms with Gasteiger partial charge in [0, 0.05) is 4.90 Å². The van der Waals surface area contributed by atoms with E-state index in [9.17, 15) is 4.79 Å². The number of rotatable bonds is 15. The molecule has 0 aliphatic heterocycles. The molecule has 1 atom stereocenters. The van der Waals surface area contributed by atoms with E-state index >= 15 is 0 Å². The lowest BCUT2D eigenvalue weighted by molar-refractivity contribution is -0.146. The van der Waals surface area contributed by atoms with Crippen LogP contribution in [0, 0.1) is 0 Å². The first-order valence-corrected chi connectivity index (χ1v) is 11.1. The normalized spacial score (nSPS) is 12.1. The van der Waals surface area contributed by atoms with Crippen LogP contribution in [-0.2, 0) is 9.53 Å². The molecule has 0 aliphatic rings. The van der Waals surface area contributed by atoms with Crippen LogP contribution in [0.5, 0.6) is 0 Å². The van der Waals surface area contributed by atoms with E-state index in [1.54, 1.807) is 11.8 Å². The summed E-state index contributed by atoms with van der Waals surface area (Å²) < 4.78 is 5.76. The van der Waals surface area contributed by atoms with Crippen molar-refractivity contribution in [1.82, 2.24) is 0 Å². The van der Waals surface area contributed by atoms with Crippen LogP contribution < -0.4 is 0 Å². The standard InChI is InChI=1S/C22H36O2S/c1-3-5-7-8-9-10-12-16-20(15-6-4-2)24-22(23)19-25-21-17-13-11-14-18-21/h11,13-14,17-18,20H,3-10,12,15-16,19H2,1-2H3. The van der Waals surface area contributed by atoms with Gasteiger partial charge in [-0.05, 0) is 31.4 Å². The van der Waals surface area contributed by atoms with Gasteiger partial charge in [-0.3, -0.25) is 4.79 Å². The maximum absolute atomic E-state index is 12.2. The Kier molecular flexibility index (Phi) is 13.5. The largest absolute Gasteiger partial charge is 0.462 e. The number of thioether (sulfide) groups is 1. The molecule has 1 rings (SSSR count). The van der Waals surface area contributed by atoms with E-state index in [4.69, 9.17) is 4.74 Å². The van der Waals surface area contributed by atoms with E-state index in [0.29, 0.717) is 5.75 Å². The summed E-state index contributed by atoms with van der Waals surface area (Å²) in [5, 5.41) is 0. The Morgan fingerprint density at radius 3 is 2.16 bits per heavy atom. The van der Waals surface area contributed by atoms with Crippen LogP contribution >= 0.6 is 11.8 Å². The zero-order valence-corrected chi connectivity index (χ0v) is 17.0. The van der Waals surface area contributed by atoms with Crippen molar-refractivity contribution in [3.05, 3.63) is 30.3 Å². The van der Waals surface area contributed by atoms with Crippen molar-refractivity contribution in [3.63, 3.8) is 0 Å². The number of hydrogen-bond donors (Lipinski definition) is 0. The molecule has 0 amide bonds. The fourth-order valence-corrected chi connectivity index (χ4v) is 3.60. The molecule has 0 N–H and O–H groups in total. The fraction of sp³-hybridized carbons (Fsp3) is 0.682. The van der Waals surface area contributed by atoms with E-state index in [1.807, 2.05) is 30.3 Å². The predicted molar refractivity (Wildman–Crippen MR) is 109 cm³/mol. The molecule has 0 bridgehead atoms. The van der Waals surface area contributed by atoms with Gasteiger partial charge in [-0.2, -0.15) is 0 Å². The van der Waals surface area contributed by atoms with Gasteiger partial charge < -0.3 is 4.74 Å². The molecule has 0 heterocycles. The molecule has 0 spiro atoms. The van der Waals surface area contributed by atoms with Gasteiger partial charge in [-0.25, -0.2) is 0 Å². The molecule has 2 nitrogen and oxygen atoms in total. The Labute approximate surface area is 159 Å². The van der Waals surface area contributed by atoms with Gasteiger partial charge in [0.25, 0.3) is 0 Å². The monoisotopic (exact) mass is 364 g/mol. The second kappa shape index (κ2) is 15.3. The summed E-state index contributed by atoms with van der Waals surface area (Å²) in [5.74, 6) is 0.335. The number of hydrogen-bond acceptors (Lipinski definition) is 3. The third-order valence-electron chi connectivity index (χ3n) is 4.41. The van der Waals surface area contributed by atoms with E-state index in [0.717, 1.165) is 30.6 Å². The number of carbonyl (C=O) groups excluding carboxylic acids is 1. The van der Waals surface area contributed by atoms with Gasteiger partial charge in [0.2, 0.25) is 0 Å². The molecule has 25 heavy (non-hydrogen) atoms. The molecule has 0 radical (unpaired) electrons. The van der Waals surface area contributed by atoms with Crippen LogP contribution in [0.1, 0.15) is 84.5 Å². The van der Waals surface area contributed by atoms with Crippen molar-refractivity contribution in [1.29, 1.82) is 0 Å². The van der Waals surface area contributed by atoms with Gasteiger partial charge >= 0.3 is 5.97 Å². The van der Waals surface area contributed by atoms with Gasteiger partial charge in [0.05, 0.1) is 5.75 Å². The van der Waals surface area contributed by atoms with Crippen LogP contribution in [0.3, 0.4) is 0 Å². The molecular weight excluding hydrogens is 328 g/mol. The molecule has 1 aromatic rings. The highest BCUT2D eigenvalue weighted by Gasteiger charge is 2.14. The SMILES string of the molecule is CCCCCCCCCC(CCCC)OC(=O)CSc1ccccc1. The second-order valence-electron chi connectivity index (χ2n) is 6.77. The summed E-state index contributed by atoms with van der Waals surface area (Å²) in [6, 6.07) is 10.1. The number of unbranched alkanes of at least 4 members (excludes halogenated alkanes) is 7. The Bertz CT molecular complexity index is 433. The molecule has 0 saturated heterocycles. The topological polar surface area (TPSA) is 26.3 Å². The van der Waals surface area contributed by atoms with Crippen molar-refractivity contribution in [3.8, 4) is 0 Å². The Hall–Kier alpha value is -0.960. The van der Waals surface area contributed by atoms with Crippen LogP contribution in [0.4, 0.5) is 0 Å². The average molecular weight is 365 g/mol. The maximum atomic E-state index is 12.2. The minimum Gasteiger partial charge on any atom is -0.462 e. The summed E-state index contributed by atoms with van der Waals surface area (Å²) in [6.45, 7) is 4.45. The van der Waals surface area contributed by atoms with Crippen molar-refractivity contribution < 1.29 is 9.53 Å². The highest BCUT2D eigenvalue weighted by molar-refractivity contribution is 8.00. The van der Waals surface area contributed by atoms with Crippen LogP contribution in [-0.4, -0.2) is 17.8 Å². The Balaban J connectivity index is 2.22.